The van der Waals surface area contributed by atoms with Gasteiger partial charge in [0.05, 0.1) is 0 Å². The van der Waals surface area contributed by atoms with Crippen LogP contribution in [0.1, 0.15) is 121 Å². The maximum absolute atomic E-state index is 5.07. The summed E-state index contributed by atoms with van der Waals surface area (Å²) < 4.78 is 0. The number of fused-ring (bicyclic) bond motifs is 3. The highest BCUT2D eigenvalue weighted by atomic mass is 15.0. The van der Waals surface area contributed by atoms with Gasteiger partial charge in [0, 0.05) is 35.3 Å². The molecule has 2 heterocycles. The first-order valence-electron chi connectivity index (χ1n) is 13.2. The van der Waals surface area contributed by atoms with E-state index in [2.05, 4.69) is 78.1 Å². The van der Waals surface area contributed by atoms with Gasteiger partial charge >= 0.3 is 0 Å². The normalized spacial score (nSPS) is 26.0. The Balaban J connectivity index is 0.000000992. The van der Waals surface area contributed by atoms with Crippen molar-refractivity contribution >= 4 is 5.71 Å². The van der Waals surface area contributed by atoms with Crippen molar-refractivity contribution in [2.24, 2.45) is 15.8 Å². The van der Waals surface area contributed by atoms with E-state index in [9.17, 15) is 0 Å². The summed E-state index contributed by atoms with van der Waals surface area (Å²) in [5.74, 6) is 0. The molecule has 2 atom stereocenters. The molecule has 3 aliphatic rings. The number of nitrogens with one attached hydrogen (secondary N) is 1. The predicted molar refractivity (Wildman–Crippen MR) is 143 cm³/mol. The third kappa shape index (κ3) is 8.72. The number of rotatable bonds is 4. The van der Waals surface area contributed by atoms with Gasteiger partial charge in [-0.3, -0.25) is 4.99 Å². The Morgan fingerprint density at radius 3 is 2.13 bits per heavy atom. The van der Waals surface area contributed by atoms with E-state index < -0.39 is 0 Å². The van der Waals surface area contributed by atoms with Crippen LogP contribution < -0.4 is 5.32 Å². The quantitative estimate of drug-likeness (QED) is 0.442. The van der Waals surface area contributed by atoms with Crippen LogP contribution in [0.15, 0.2) is 40.6 Å². The van der Waals surface area contributed by atoms with Gasteiger partial charge in [-0.05, 0) is 42.7 Å². The minimum Gasteiger partial charge on any atom is -0.306 e. The molecule has 0 aromatic heterocycles. The predicted octanol–water partition coefficient (Wildman–Crippen LogP) is 9.04. The lowest BCUT2D eigenvalue weighted by atomic mass is 9.77. The molecule has 0 amide bonds. The third-order valence-corrected chi connectivity index (χ3v) is 6.02. The van der Waals surface area contributed by atoms with E-state index in [0.29, 0.717) is 12.1 Å². The lowest BCUT2D eigenvalue weighted by Gasteiger charge is -2.36. The summed E-state index contributed by atoms with van der Waals surface area (Å²) >= 11 is 0. The molecule has 0 saturated heterocycles. The molecule has 0 aromatic rings. The number of hydrogen-bond donors (Lipinski definition) is 1. The average Bonchev–Trinajstić information content (AvgIpc) is 2.94. The van der Waals surface area contributed by atoms with E-state index in [1.807, 2.05) is 27.7 Å². The van der Waals surface area contributed by atoms with Gasteiger partial charge in [0.2, 0.25) is 0 Å². The molecule has 3 rings (SSSR count). The van der Waals surface area contributed by atoms with Crippen molar-refractivity contribution in [3.8, 4) is 0 Å². The molecule has 31 heavy (non-hydrogen) atoms. The molecule has 0 spiro atoms. The van der Waals surface area contributed by atoms with E-state index in [0.717, 1.165) is 25.7 Å². The van der Waals surface area contributed by atoms with Crippen molar-refractivity contribution in [1.82, 2.24) is 5.32 Å². The standard InChI is InChI=1S/C21H32N2.C4H10.2C2H6/c1-6-7-8-10-15-11-9-12-16-13-17(22-15)18-19(23-16)21(4,5)14-20(18,2)3;1-3-4-2;2*1-2/h7-9,12,15,17,22H,6,10-11,13-14H2,1-5H3;3-4H2,1-2H3;2*1-2H3/b8-7?,12-9-;;;. The van der Waals surface area contributed by atoms with Crippen LogP contribution in [0.5, 0.6) is 0 Å². The van der Waals surface area contributed by atoms with Gasteiger partial charge in [-0.15, -0.1) is 0 Å². The molecule has 2 heteroatoms. The molecule has 0 radical (unpaired) electrons. The molecular weight excluding hydrogens is 376 g/mol. The first kappa shape index (κ1) is 29.9. The van der Waals surface area contributed by atoms with Gasteiger partial charge in [-0.1, -0.05) is 107 Å². The van der Waals surface area contributed by atoms with E-state index in [-0.39, 0.29) is 10.8 Å². The van der Waals surface area contributed by atoms with Crippen molar-refractivity contribution in [2.45, 2.75) is 133 Å². The fourth-order valence-electron chi connectivity index (χ4n) is 4.88. The molecule has 0 aromatic carbocycles. The van der Waals surface area contributed by atoms with E-state index in [1.165, 1.54) is 30.7 Å². The lowest BCUT2D eigenvalue weighted by Crippen LogP contribution is -2.44. The van der Waals surface area contributed by atoms with Crippen molar-refractivity contribution < 1.29 is 0 Å². The minimum atomic E-state index is 0.190. The Kier molecular flexibility index (Phi) is 14.3. The summed E-state index contributed by atoms with van der Waals surface area (Å²) in [5, 5.41) is 3.97. The van der Waals surface area contributed by atoms with Crippen molar-refractivity contribution in [3.63, 3.8) is 0 Å². The lowest BCUT2D eigenvalue weighted by molar-refractivity contribution is 0.303. The maximum Gasteiger partial charge on any atom is 0.0476 e. The van der Waals surface area contributed by atoms with Crippen LogP contribution in [-0.2, 0) is 0 Å². The zero-order valence-corrected chi connectivity index (χ0v) is 22.9. The Hall–Kier alpha value is -1.15. The summed E-state index contributed by atoms with van der Waals surface area (Å²) in [6, 6.07) is 0.992. The second-order valence-electron chi connectivity index (χ2n) is 9.68. The van der Waals surface area contributed by atoms with Crippen LogP contribution in [0.25, 0.3) is 0 Å². The molecule has 1 aliphatic carbocycles. The minimum absolute atomic E-state index is 0.190. The van der Waals surface area contributed by atoms with Gasteiger partial charge in [-0.25, -0.2) is 0 Å². The fourth-order valence-corrected chi connectivity index (χ4v) is 4.88. The molecular formula is C29H54N2. The first-order chi connectivity index (χ1) is 14.7. The summed E-state index contributed by atoms with van der Waals surface area (Å²) in [7, 11) is 0. The zero-order valence-electron chi connectivity index (χ0n) is 22.9. The Morgan fingerprint density at radius 2 is 1.58 bits per heavy atom. The number of nitrogens with zero attached hydrogens (tertiary/aromatic N) is 1. The highest BCUT2D eigenvalue weighted by Crippen LogP contribution is 2.56. The van der Waals surface area contributed by atoms with E-state index in [1.54, 1.807) is 5.57 Å². The third-order valence-electron chi connectivity index (χ3n) is 6.02. The van der Waals surface area contributed by atoms with Crippen molar-refractivity contribution in [2.75, 3.05) is 0 Å². The molecule has 2 nitrogen and oxygen atoms in total. The zero-order chi connectivity index (χ0) is 24.1. The number of allylic oxidation sites excluding steroid dienone is 3. The SMILES string of the molecule is CC.CC.CCC=CCC1C/C=C\C2=NC3=C(C(C2)N1)C(C)(C)CC3(C)C.CCCC. The van der Waals surface area contributed by atoms with Crippen LogP contribution in [0.2, 0.25) is 0 Å². The maximum atomic E-state index is 5.07. The van der Waals surface area contributed by atoms with Crippen LogP contribution in [0.4, 0.5) is 0 Å². The number of hydrogen-bond acceptors (Lipinski definition) is 2. The van der Waals surface area contributed by atoms with Gasteiger partial charge in [0.25, 0.3) is 0 Å². The number of unbranched alkanes of at least 4 members (excludes halogenated alkanes) is 1. The smallest absolute Gasteiger partial charge is 0.0476 e. The Morgan fingerprint density at radius 1 is 0.968 bits per heavy atom. The van der Waals surface area contributed by atoms with E-state index in [4.69, 9.17) is 4.99 Å². The van der Waals surface area contributed by atoms with E-state index >= 15 is 0 Å². The van der Waals surface area contributed by atoms with Crippen LogP contribution in [0, 0.1) is 10.8 Å². The highest BCUT2D eigenvalue weighted by Gasteiger charge is 2.48. The molecule has 180 valence electrons. The number of aliphatic imine (C=N–C) groups is 1. The van der Waals surface area contributed by atoms with Gasteiger partial charge < -0.3 is 5.32 Å². The van der Waals surface area contributed by atoms with Gasteiger partial charge in [0.1, 0.15) is 0 Å². The van der Waals surface area contributed by atoms with Crippen LogP contribution in [-0.4, -0.2) is 17.8 Å². The van der Waals surface area contributed by atoms with Crippen molar-refractivity contribution in [3.05, 3.63) is 35.6 Å². The molecule has 2 bridgehead atoms. The summed E-state index contributed by atoms with van der Waals surface area (Å²) in [5.41, 5.74) is 4.63. The molecule has 2 aliphatic heterocycles. The topological polar surface area (TPSA) is 24.4 Å². The summed E-state index contributed by atoms with van der Waals surface area (Å²) in [6.07, 6.45) is 17.4. The largest absolute Gasteiger partial charge is 0.306 e. The highest BCUT2D eigenvalue weighted by molar-refractivity contribution is 5.97. The summed E-state index contributed by atoms with van der Waals surface area (Å²) in [4.78, 5) is 5.07. The summed E-state index contributed by atoms with van der Waals surface area (Å²) in [6.45, 7) is 24.1. The average molecular weight is 431 g/mol. The first-order valence-corrected chi connectivity index (χ1v) is 13.2. The van der Waals surface area contributed by atoms with Gasteiger partial charge in [-0.2, -0.15) is 0 Å². The second-order valence-corrected chi connectivity index (χ2v) is 9.68. The van der Waals surface area contributed by atoms with Gasteiger partial charge in [0.15, 0.2) is 0 Å². The molecule has 2 unspecified atom stereocenters. The van der Waals surface area contributed by atoms with Crippen LogP contribution in [0.3, 0.4) is 0 Å². The fraction of sp³-hybridized carbons (Fsp3) is 0.759. The molecule has 0 fully saturated rings. The Bertz CT molecular complexity index is 615. The monoisotopic (exact) mass is 430 g/mol. The molecule has 1 N–H and O–H groups in total. The Labute approximate surface area is 195 Å². The second kappa shape index (κ2) is 14.8. The molecule has 0 saturated carbocycles. The van der Waals surface area contributed by atoms with Crippen LogP contribution >= 0.6 is 0 Å². The van der Waals surface area contributed by atoms with Crippen molar-refractivity contribution in [1.29, 1.82) is 0 Å².